The molecule has 0 spiro atoms. The molecule has 0 radical (unpaired) electrons. The van der Waals surface area contributed by atoms with E-state index in [1.54, 1.807) is 0 Å². The summed E-state index contributed by atoms with van der Waals surface area (Å²) in [7, 11) is 0. The molecule has 2 aliphatic rings. The van der Waals surface area contributed by atoms with Crippen molar-refractivity contribution in [2.24, 2.45) is 0 Å². The van der Waals surface area contributed by atoms with Gasteiger partial charge in [-0.2, -0.15) is 0 Å². The van der Waals surface area contributed by atoms with Crippen molar-refractivity contribution in [2.75, 3.05) is 9.80 Å². The van der Waals surface area contributed by atoms with Gasteiger partial charge in [0.25, 0.3) is 0 Å². The van der Waals surface area contributed by atoms with Gasteiger partial charge >= 0.3 is 0 Å². The van der Waals surface area contributed by atoms with Crippen molar-refractivity contribution in [1.82, 2.24) is 4.57 Å². The fourth-order valence-corrected chi connectivity index (χ4v) is 10.7. The fraction of sp³-hybridized carbons (Fsp3) is 0. The molecule has 0 amide bonds. The second-order valence-electron chi connectivity index (χ2n) is 18.1. The molecule has 0 aliphatic carbocycles. The quantitative estimate of drug-likeness (QED) is 0.159. The summed E-state index contributed by atoms with van der Waals surface area (Å²) in [4.78, 5) is 4.65. The molecule has 12 aromatic rings. The maximum atomic E-state index is 6.47. The third-order valence-electron chi connectivity index (χ3n) is 13.9. The van der Waals surface area contributed by atoms with Gasteiger partial charge in [-0.1, -0.05) is 152 Å². The first-order chi connectivity index (χ1) is 35.2. The summed E-state index contributed by atoms with van der Waals surface area (Å²) < 4.78 is 15.5. The molecule has 71 heavy (non-hydrogen) atoms. The van der Waals surface area contributed by atoms with Crippen molar-refractivity contribution < 1.29 is 9.47 Å². The van der Waals surface area contributed by atoms with E-state index in [0.29, 0.717) is 0 Å². The molecule has 0 atom stereocenters. The zero-order valence-electron chi connectivity index (χ0n) is 38.5. The lowest BCUT2D eigenvalue weighted by molar-refractivity contribution is 0.477. The topological polar surface area (TPSA) is 29.9 Å². The van der Waals surface area contributed by atoms with E-state index in [1.807, 2.05) is 48.5 Å². The van der Waals surface area contributed by atoms with Gasteiger partial charge in [-0.25, -0.2) is 0 Å². The van der Waals surface area contributed by atoms with Crippen LogP contribution >= 0.6 is 0 Å². The maximum Gasteiger partial charge on any atom is 0.151 e. The third kappa shape index (κ3) is 6.78. The molecule has 14 rings (SSSR count). The van der Waals surface area contributed by atoms with Crippen molar-refractivity contribution in [3.63, 3.8) is 0 Å². The number of hydrogen-bond donors (Lipinski definition) is 0. The number of nitrogens with zero attached hydrogens (tertiary/aromatic N) is 3. The van der Waals surface area contributed by atoms with Gasteiger partial charge in [-0.3, -0.25) is 0 Å². The van der Waals surface area contributed by atoms with E-state index in [1.165, 1.54) is 10.8 Å². The van der Waals surface area contributed by atoms with Crippen LogP contribution in [0.4, 0.5) is 34.1 Å². The van der Waals surface area contributed by atoms with Gasteiger partial charge in [-0.05, 0) is 143 Å². The molecule has 3 heterocycles. The fourth-order valence-electron chi connectivity index (χ4n) is 10.7. The lowest BCUT2D eigenvalue weighted by Gasteiger charge is -2.33. The van der Waals surface area contributed by atoms with Gasteiger partial charge in [0, 0.05) is 39.0 Å². The minimum absolute atomic E-state index is 0.821. The Morgan fingerprint density at radius 3 is 0.958 bits per heavy atom. The molecular formula is C66H43N3O2. The van der Waals surface area contributed by atoms with Crippen LogP contribution in [0.15, 0.2) is 261 Å². The van der Waals surface area contributed by atoms with Crippen LogP contribution < -0.4 is 19.3 Å². The van der Waals surface area contributed by atoms with E-state index in [0.717, 1.165) is 118 Å². The summed E-state index contributed by atoms with van der Waals surface area (Å²) >= 11 is 0. The average Bonchev–Trinajstić information content (AvgIpc) is 3.78. The van der Waals surface area contributed by atoms with Crippen LogP contribution in [0.3, 0.4) is 0 Å². The van der Waals surface area contributed by atoms with Crippen molar-refractivity contribution >= 4 is 55.9 Å². The molecule has 334 valence electrons. The van der Waals surface area contributed by atoms with Crippen LogP contribution in [-0.2, 0) is 0 Å². The molecule has 5 heteroatoms. The van der Waals surface area contributed by atoms with Crippen LogP contribution in [0.2, 0.25) is 0 Å². The summed E-state index contributed by atoms with van der Waals surface area (Å²) in [6, 6.07) is 93.2. The van der Waals surface area contributed by atoms with E-state index in [4.69, 9.17) is 9.47 Å². The lowest BCUT2D eigenvalue weighted by atomic mass is 9.93. The second-order valence-corrected chi connectivity index (χ2v) is 18.1. The van der Waals surface area contributed by atoms with Gasteiger partial charge in [0.1, 0.15) is 0 Å². The minimum Gasteiger partial charge on any atom is -0.453 e. The van der Waals surface area contributed by atoms with E-state index in [9.17, 15) is 0 Å². The zero-order chi connectivity index (χ0) is 46.8. The van der Waals surface area contributed by atoms with Crippen LogP contribution in [0.25, 0.3) is 72.0 Å². The number of rotatable bonds is 7. The molecule has 0 saturated carbocycles. The Hall–Kier alpha value is -9.58. The summed E-state index contributed by atoms with van der Waals surface area (Å²) in [6.45, 7) is 0. The highest BCUT2D eigenvalue weighted by Gasteiger charge is 2.29. The zero-order valence-corrected chi connectivity index (χ0v) is 38.5. The minimum atomic E-state index is 0.821. The van der Waals surface area contributed by atoms with Gasteiger partial charge < -0.3 is 23.8 Å². The Bertz CT molecular complexity index is 3680. The number of ether oxygens (including phenoxy) is 2. The lowest BCUT2D eigenvalue weighted by Crippen LogP contribution is -2.15. The van der Waals surface area contributed by atoms with E-state index in [-0.39, 0.29) is 0 Å². The largest absolute Gasteiger partial charge is 0.453 e. The number of anilines is 6. The van der Waals surface area contributed by atoms with Crippen LogP contribution in [0.1, 0.15) is 0 Å². The molecule has 0 unspecified atom stereocenters. The SMILES string of the molecule is c1ccc(-c2cc(-c3cccc(N4c5ccccc5Oc5ccccc54)c3)c3c(c2)c2cc(-c4ccccc4)cc(-c4cccc(N5c6ccccc6Oc6ccccc65)c4)c2n3-c2ccccc2)cc1. The van der Waals surface area contributed by atoms with Crippen LogP contribution in [0.5, 0.6) is 23.0 Å². The van der Waals surface area contributed by atoms with Crippen molar-refractivity contribution in [3.8, 4) is 73.2 Å². The molecule has 5 nitrogen and oxygen atoms in total. The van der Waals surface area contributed by atoms with Crippen LogP contribution in [-0.4, -0.2) is 4.57 Å². The first kappa shape index (κ1) is 40.5. The van der Waals surface area contributed by atoms with Gasteiger partial charge in [0.05, 0.1) is 33.8 Å². The summed E-state index contributed by atoms with van der Waals surface area (Å²) in [6.07, 6.45) is 0. The van der Waals surface area contributed by atoms with E-state index < -0.39 is 0 Å². The van der Waals surface area contributed by atoms with Gasteiger partial charge in [-0.15, -0.1) is 0 Å². The predicted molar refractivity (Wildman–Crippen MR) is 292 cm³/mol. The summed E-state index contributed by atoms with van der Waals surface area (Å²) in [5.74, 6) is 3.29. The molecule has 0 fully saturated rings. The number of benzene rings is 11. The van der Waals surface area contributed by atoms with Crippen molar-refractivity contribution in [1.29, 1.82) is 0 Å². The highest BCUT2D eigenvalue weighted by molar-refractivity contribution is 6.19. The molecular weight excluding hydrogens is 867 g/mol. The maximum absolute atomic E-state index is 6.47. The standard InChI is InChI=1S/C66H43N3O2/c1-4-20-44(21-5-1)48-40-53(46-24-18-28-51(38-46)67-57-30-10-14-34-61(57)70-62-35-15-11-31-58(62)67)65-55(42-48)56-43-49(45-22-6-2-7-23-45)41-54(66(56)69(65)50-26-8-3-9-27-50)47-25-19-29-52(39-47)68-59-32-12-16-36-63(59)71-64-37-17-13-33-60(64)68/h1-43H. The van der Waals surface area contributed by atoms with Crippen LogP contribution in [0, 0.1) is 0 Å². The monoisotopic (exact) mass is 909 g/mol. The first-order valence-electron chi connectivity index (χ1n) is 24.1. The molecule has 0 bridgehead atoms. The van der Waals surface area contributed by atoms with Crippen molar-refractivity contribution in [2.45, 2.75) is 0 Å². The Balaban J connectivity index is 1.07. The highest BCUT2D eigenvalue weighted by atomic mass is 16.5. The number of hydrogen-bond acceptors (Lipinski definition) is 4. The molecule has 11 aromatic carbocycles. The van der Waals surface area contributed by atoms with E-state index >= 15 is 0 Å². The Kier molecular flexibility index (Phi) is 9.46. The molecule has 0 saturated heterocycles. The van der Waals surface area contributed by atoms with Gasteiger partial charge in [0.15, 0.2) is 23.0 Å². The first-order valence-corrected chi connectivity index (χ1v) is 24.1. The molecule has 2 aliphatic heterocycles. The Morgan fingerprint density at radius 2 is 0.563 bits per heavy atom. The highest BCUT2D eigenvalue weighted by Crippen LogP contribution is 2.53. The summed E-state index contributed by atoms with van der Waals surface area (Å²) in [5, 5.41) is 2.33. The Labute approximate surface area is 411 Å². The number of aromatic nitrogens is 1. The Morgan fingerprint density at radius 1 is 0.239 bits per heavy atom. The molecule has 1 aromatic heterocycles. The summed E-state index contributed by atoms with van der Waals surface area (Å²) in [5.41, 5.74) is 18.5. The number of para-hydroxylation sites is 9. The predicted octanol–water partition coefficient (Wildman–Crippen LogP) is 18.6. The van der Waals surface area contributed by atoms with Crippen molar-refractivity contribution in [3.05, 3.63) is 261 Å². The number of fused-ring (bicyclic) bond motifs is 7. The van der Waals surface area contributed by atoms with Gasteiger partial charge in [0.2, 0.25) is 0 Å². The molecule has 0 N–H and O–H groups in total. The third-order valence-corrected chi connectivity index (χ3v) is 13.9. The van der Waals surface area contributed by atoms with E-state index in [2.05, 4.69) is 227 Å². The second kappa shape index (κ2) is 16.6. The smallest absolute Gasteiger partial charge is 0.151 e. The average molecular weight is 910 g/mol. The normalized spacial score (nSPS) is 12.4.